The normalized spacial score (nSPS) is 23.4. The van der Waals surface area contributed by atoms with Crippen LogP contribution in [0.4, 0.5) is 0 Å². The van der Waals surface area contributed by atoms with Gasteiger partial charge in [0.15, 0.2) is 0 Å². The molecule has 2 aliphatic rings. The van der Waals surface area contributed by atoms with Crippen LogP contribution in [0.15, 0.2) is 30.3 Å². The van der Waals surface area contributed by atoms with Gasteiger partial charge in [0.05, 0.1) is 0 Å². The van der Waals surface area contributed by atoms with Crippen molar-refractivity contribution in [1.29, 1.82) is 0 Å². The lowest BCUT2D eigenvalue weighted by atomic mass is 9.79. The summed E-state index contributed by atoms with van der Waals surface area (Å²) < 4.78 is 0. The van der Waals surface area contributed by atoms with Crippen LogP contribution in [0.3, 0.4) is 0 Å². The van der Waals surface area contributed by atoms with Crippen molar-refractivity contribution < 1.29 is 0 Å². The van der Waals surface area contributed by atoms with Crippen molar-refractivity contribution in [3.8, 4) is 0 Å². The Morgan fingerprint density at radius 1 is 1.05 bits per heavy atom. The first-order valence-corrected chi connectivity index (χ1v) is 8.07. The average Bonchev–Trinajstić information content (AvgIpc) is 2.45. The molecule has 20 heavy (non-hydrogen) atoms. The minimum Gasteiger partial charge on any atom is -0.329 e. The molecule has 1 aliphatic carbocycles. The summed E-state index contributed by atoms with van der Waals surface area (Å²) in [6.45, 7) is 6.65. The highest BCUT2D eigenvalue weighted by Crippen LogP contribution is 2.32. The Balaban J connectivity index is 1.49. The highest BCUT2D eigenvalue weighted by atomic mass is 15.3. The van der Waals surface area contributed by atoms with Gasteiger partial charge in [-0.3, -0.25) is 9.80 Å². The van der Waals surface area contributed by atoms with Crippen LogP contribution in [0, 0.1) is 5.92 Å². The van der Waals surface area contributed by atoms with Crippen LogP contribution in [0.5, 0.6) is 0 Å². The third-order valence-electron chi connectivity index (χ3n) is 5.06. The van der Waals surface area contributed by atoms with Gasteiger partial charge in [0.2, 0.25) is 0 Å². The number of benzene rings is 1. The van der Waals surface area contributed by atoms with E-state index in [9.17, 15) is 0 Å². The Hall–Kier alpha value is -0.900. The minimum atomic E-state index is 0.641. The molecule has 2 fully saturated rings. The van der Waals surface area contributed by atoms with Crippen molar-refractivity contribution in [3.63, 3.8) is 0 Å². The van der Waals surface area contributed by atoms with Crippen molar-refractivity contribution in [3.05, 3.63) is 35.9 Å². The number of rotatable bonds is 5. The lowest BCUT2D eigenvalue weighted by molar-refractivity contribution is 0.0476. The van der Waals surface area contributed by atoms with Gasteiger partial charge in [0.25, 0.3) is 0 Å². The molecule has 1 aromatic carbocycles. The molecule has 3 rings (SSSR count). The fourth-order valence-electron chi connectivity index (χ4n) is 3.56. The van der Waals surface area contributed by atoms with Gasteiger partial charge >= 0.3 is 0 Å². The Labute approximate surface area is 122 Å². The molecule has 0 spiro atoms. The van der Waals surface area contributed by atoms with Gasteiger partial charge in [-0.2, -0.15) is 0 Å². The van der Waals surface area contributed by atoms with Crippen LogP contribution in [0.1, 0.15) is 24.8 Å². The molecule has 0 radical (unpaired) electrons. The maximum Gasteiger partial charge on any atom is 0.0247 e. The van der Waals surface area contributed by atoms with Gasteiger partial charge in [-0.05, 0) is 24.3 Å². The van der Waals surface area contributed by atoms with Crippen molar-refractivity contribution in [2.45, 2.75) is 31.8 Å². The maximum absolute atomic E-state index is 6.02. The predicted molar refractivity (Wildman–Crippen MR) is 83.5 cm³/mol. The summed E-state index contributed by atoms with van der Waals surface area (Å²) in [5.41, 5.74) is 7.44. The first-order chi connectivity index (χ1) is 9.86. The Morgan fingerprint density at radius 3 is 2.30 bits per heavy atom. The molecule has 0 aromatic heterocycles. The quantitative estimate of drug-likeness (QED) is 0.890. The fourth-order valence-corrected chi connectivity index (χ4v) is 3.56. The molecule has 1 aliphatic heterocycles. The summed E-state index contributed by atoms with van der Waals surface area (Å²) in [5.74, 6) is 0.876. The van der Waals surface area contributed by atoms with Gasteiger partial charge in [-0.1, -0.05) is 36.8 Å². The lowest BCUT2D eigenvalue weighted by Crippen LogP contribution is -2.55. The minimum absolute atomic E-state index is 0.641. The average molecular weight is 273 g/mol. The van der Waals surface area contributed by atoms with E-state index in [-0.39, 0.29) is 0 Å². The summed E-state index contributed by atoms with van der Waals surface area (Å²) in [5, 5.41) is 0. The second kappa shape index (κ2) is 6.70. The number of nitrogens with zero attached hydrogens (tertiary/aromatic N) is 2. The van der Waals surface area contributed by atoms with Crippen molar-refractivity contribution >= 4 is 0 Å². The molecular weight excluding hydrogens is 246 g/mol. The fraction of sp³-hybridized carbons (Fsp3) is 0.647. The molecule has 3 nitrogen and oxygen atoms in total. The monoisotopic (exact) mass is 273 g/mol. The highest BCUT2D eigenvalue weighted by molar-refractivity contribution is 5.14. The molecule has 1 aromatic rings. The second-order valence-electron chi connectivity index (χ2n) is 6.29. The molecule has 2 N–H and O–H groups in total. The van der Waals surface area contributed by atoms with Gasteiger partial charge in [-0.15, -0.1) is 0 Å². The zero-order chi connectivity index (χ0) is 13.8. The summed E-state index contributed by atoms with van der Waals surface area (Å²) in [7, 11) is 0. The van der Waals surface area contributed by atoms with Crippen LogP contribution in [-0.4, -0.2) is 48.6 Å². The first-order valence-electron chi connectivity index (χ1n) is 8.07. The molecule has 1 unspecified atom stereocenters. The van der Waals surface area contributed by atoms with E-state index >= 15 is 0 Å². The van der Waals surface area contributed by atoms with E-state index in [0.29, 0.717) is 6.04 Å². The van der Waals surface area contributed by atoms with Gasteiger partial charge in [0, 0.05) is 45.3 Å². The van der Waals surface area contributed by atoms with Crippen molar-refractivity contribution in [2.24, 2.45) is 11.7 Å². The van der Waals surface area contributed by atoms with E-state index < -0.39 is 0 Å². The van der Waals surface area contributed by atoms with E-state index in [0.717, 1.165) is 19.0 Å². The Morgan fingerprint density at radius 2 is 1.75 bits per heavy atom. The third-order valence-corrected chi connectivity index (χ3v) is 5.06. The van der Waals surface area contributed by atoms with Crippen molar-refractivity contribution in [2.75, 3.05) is 32.7 Å². The molecule has 0 amide bonds. The third kappa shape index (κ3) is 3.22. The largest absolute Gasteiger partial charge is 0.329 e. The van der Waals surface area contributed by atoms with E-state index in [1.165, 1.54) is 51.0 Å². The molecular formula is C17H27N3. The van der Waals surface area contributed by atoms with E-state index in [2.05, 4.69) is 40.1 Å². The first kappa shape index (κ1) is 14.1. The van der Waals surface area contributed by atoms with Crippen molar-refractivity contribution in [1.82, 2.24) is 9.80 Å². The molecule has 1 heterocycles. The maximum atomic E-state index is 6.02. The Kier molecular flexibility index (Phi) is 4.71. The van der Waals surface area contributed by atoms with Crippen LogP contribution in [0.25, 0.3) is 0 Å². The summed E-state index contributed by atoms with van der Waals surface area (Å²) in [4.78, 5) is 5.21. The second-order valence-corrected chi connectivity index (χ2v) is 6.29. The molecule has 110 valence electrons. The molecule has 1 saturated carbocycles. The van der Waals surface area contributed by atoms with Gasteiger partial charge in [0.1, 0.15) is 0 Å². The smallest absolute Gasteiger partial charge is 0.0247 e. The predicted octanol–water partition coefficient (Wildman–Crippen LogP) is 1.93. The zero-order valence-electron chi connectivity index (χ0n) is 12.4. The summed E-state index contributed by atoms with van der Waals surface area (Å²) in [6.07, 6.45) is 4.20. The number of piperazine rings is 1. The van der Waals surface area contributed by atoms with Crippen LogP contribution in [0.2, 0.25) is 0 Å². The molecule has 1 atom stereocenters. The van der Waals surface area contributed by atoms with Crippen LogP contribution >= 0.6 is 0 Å². The molecule has 3 heteroatoms. The number of nitrogens with two attached hydrogens (primary N) is 1. The van der Waals surface area contributed by atoms with E-state index in [1.54, 1.807) is 0 Å². The molecule has 1 saturated heterocycles. The lowest BCUT2D eigenvalue weighted by Gasteiger charge is -2.44. The SMILES string of the molecule is NCC(C1CCC1)N1CCN(Cc2ccccc2)CC1. The molecule has 0 bridgehead atoms. The standard InChI is InChI=1S/C17H27N3/c18-13-17(16-7-4-8-16)20-11-9-19(10-12-20)14-15-5-2-1-3-6-15/h1-3,5-6,16-17H,4,7-14,18H2. The highest BCUT2D eigenvalue weighted by Gasteiger charge is 2.32. The van der Waals surface area contributed by atoms with Gasteiger partial charge in [-0.25, -0.2) is 0 Å². The Bertz CT molecular complexity index is 394. The number of hydrogen-bond donors (Lipinski definition) is 1. The number of hydrogen-bond acceptors (Lipinski definition) is 3. The van der Waals surface area contributed by atoms with E-state index in [1.807, 2.05) is 0 Å². The van der Waals surface area contributed by atoms with E-state index in [4.69, 9.17) is 5.73 Å². The zero-order valence-corrected chi connectivity index (χ0v) is 12.4. The summed E-state index contributed by atoms with van der Waals surface area (Å²) in [6, 6.07) is 11.4. The van der Waals surface area contributed by atoms with Gasteiger partial charge < -0.3 is 5.73 Å². The van der Waals surface area contributed by atoms with Crippen LogP contribution in [-0.2, 0) is 6.54 Å². The topological polar surface area (TPSA) is 32.5 Å². The summed E-state index contributed by atoms with van der Waals surface area (Å²) >= 11 is 0. The van der Waals surface area contributed by atoms with Crippen LogP contribution < -0.4 is 5.73 Å².